The number of aryl methyl sites for hydroxylation is 1. The van der Waals surface area contributed by atoms with Gasteiger partial charge in [0.15, 0.2) is 10.6 Å². The molecule has 3 aromatic heterocycles. The Morgan fingerprint density at radius 1 is 1.33 bits per heavy atom. The van der Waals surface area contributed by atoms with Gasteiger partial charge in [-0.15, -0.1) is 11.3 Å². The van der Waals surface area contributed by atoms with Crippen LogP contribution in [0.25, 0.3) is 27.1 Å². The monoisotopic (exact) mass is 333 g/mol. The number of pyridine rings is 1. The number of fused-ring (bicyclic) bond motifs is 3. The lowest BCUT2D eigenvalue weighted by Gasteiger charge is -2.11. The van der Waals surface area contributed by atoms with Crippen LogP contribution in [0.15, 0.2) is 40.6 Å². The number of nitrogen functional groups attached to an aromatic ring is 1. The number of benzene rings is 1. The molecule has 0 atom stereocenters. The van der Waals surface area contributed by atoms with Gasteiger partial charge < -0.3 is 5.73 Å². The number of nitrogens with zero attached hydrogens (tertiary/aromatic N) is 4. The molecule has 0 spiro atoms. The number of thiazole rings is 1. The van der Waals surface area contributed by atoms with Crippen LogP contribution in [0.5, 0.6) is 0 Å². The average Bonchev–Trinajstić information content (AvgIpc) is 3.02. The molecular formula is C17H11N5OS. The molecule has 0 aliphatic heterocycles. The first-order valence-corrected chi connectivity index (χ1v) is 8.04. The minimum Gasteiger partial charge on any atom is -0.383 e. The molecule has 116 valence electrons. The highest BCUT2D eigenvalue weighted by atomic mass is 32.1. The van der Waals surface area contributed by atoms with E-state index in [1.807, 2.05) is 36.6 Å². The predicted octanol–water partition coefficient (Wildman–Crippen LogP) is 2.73. The van der Waals surface area contributed by atoms with Gasteiger partial charge in [0.1, 0.15) is 17.5 Å². The van der Waals surface area contributed by atoms with E-state index in [1.54, 1.807) is 10.6 Å². The molecule has 0 fully saturated rings. The summed E-state index contributed by atoms with van der Waals surface area (Å²) in [7, 11) is 0. The standard InChI is InChI=1S/C17H11N5OS/c1-9-3-2-4-10(7-9)12-11(8-18)14(19)20-15-13(12)16(23)21-17-22(15)5-6-24-17/h2-7H,1H3,(H2,19,20). The Morgan fingerprint density at radius 2 is 2.17 bits per heavy atom. The van der Waals surface area contributed by atoms with Crippen molar-refractivity contribution < 1.29 is 0 Å². The van der Waals surface area contributed by atoms with Gasteiger partial charge in [0, 0.05) is 17.1 Å². The zero-order valence-corrected chi connectivity index (χ0v) is 13.5. The zero-order chi connectivity index (χ0) is 16.8. The fourth-order valence-corrected chi connectivity index (χ4v) is 3.53. The van der Waals surface area contributed by atoms with Crippen LogP contribution in [0.2, 0.25) is 0 Å². The lowest BCUT2D eigenvalue weighted by molar-refractivity contribution is 1.13. The summed E-state index contributed by atoms with van der Waals surface area (Å²) in [6.45, 7) is 1.95. The maximum Gasteiger partial charge on any atom is 0.284 e. The minimum absolute atomic E-state index is 0.104. The van der Waals surface area contributed by atoms with E-state index >= 15 is 0 Å². The molecule has 0 radical (unpaired) electrons. The van der Waals surface area contributed by atoms with Crippen molar-refractivity contribution in [3.63, 3.8) is 0 Å². The van der Waals surface area contributed by atoms with Gasteiger partial charge in [0.05, 0.1) is 5.39 Å². The summed E-state index contributed by atoms with van der Waals surface area (Å²) in [5, 5.41) is 11.7. The van der Waals surface area contributed by atoms with Crippen molar-refractivity contribution in [1.82, 2.24) is 14.4 Å². The molecule has 2 N–H and O–H groups in total. The molecule has 0 aliphatic rings. The van der Waals surface area contributed by atoms with Crippen molar-refractivity contribution in [2.24, 2.45) is 0 Å². The predicted molar refractivity (Wildman–Crippen MR) is 93.9 cm³/mol. The lowest BCUT2D eigenvalue weighted by Crippen LogP contribution is -2.13. The van der Waals surface area contributed by atoms with E-state index in [1.165, 1.54) is 11.3 Å². The SMILES string of the molecule is Cc1cccc(-c2c(C#N)c(N)nc3c2c(=O)nc2sccn23)c1. The van der Waals surface area contributed by atoms with E-state index in [-0.39, 0.29) is 11.4 Å². The van der Waals surface area contributed by atoms with E-state index < -0.39 is 5.56 Å². The first-order valence-electron chi connectivity index (χ1n) is 7.16. The smallest absolute Gasteiger partial charge is 0.284 e. The molecule has 6 nitrogen and oxygen atoms in total. The van der Waals surface area contributed by atoms with Crippen LogP contribution in [0, 0.1) is 18.3 Å². The van der Waals surface area contributed by atoms with Crippen LogP contribution in [-0.4, -0.2) is 14.4 Å². The maximum atomic E-state index is 12.6. The van der Waals surface area contributed by atoms with E-state index in [9.17, 15) is 10.1 Å². The van der Waals surface area contributed by atoms with Gasteiger partial charge in [-0.05, 0) is 12.5 Å². The molecule has 0 amide bonds. The third kappa shape index (κ3) is 1.97. The van der Waals surface area contributed by atoms with Gasteiger partial charge in [-0.3, -0.25) is 9.20 Å². The summed E-state index contributed by atoms with van der Waals surface area (Å²) < 4.78 is 1.72. The lowest BCUT2D eigenvalue weighted by atomic mass is 9.97. The summed E-state index contributed by atoms with van der Waals surface area (Å²) in [4.78, 5) is 21.6. The highest BCUT2D eigenvalue weighted by Crippen LogP contribution is 2.32. The third-order valence-electron chi connectivity index (χ3n) is 3.85. The van der Waals surface area contributed by atoms with Gasteiger partial charge in [0.25, 0.3) is 5.56 Å². The van der Waals surface area contributed by atoms with Crippen molar-refractivity contribution in [2.45, 2.75) is 6.92 Å². The summed E-state index contributed by atoms with van der Waals surface area (Å²) in [5.41, 5.74) is 8.48. The van der Waals surface area contributed by atoms with Gasteiger partial charge in [-0.2, -0.15) is 10.2 Å². The van der Waals surface area contributed by atoms with Crippen LogP contribution in [0.1, 0.15) is 11.1 Å². The number of aromatic nitrogens is 3. The number of nitrogens with two attached hydrogens (primary N) is 1. The maximum absolute atomic E-state index is 12.6. The van der Waals surface area contributed by atoms with Crippen molar-refractivity contribution in [2.75, 3.05) is 5.73 Å². The van der Waals surface area contributed by atoms with E-state index in [4.69, 9.17) is 5.73 Å². The van der Waals surface area contributed by atoms with Crippen LogP contribution >= 0.6 is 11.3 Å². The first kappa shape index (κ1) is 14.4. The number of nitriles is 1. The molecule has 4 rings (SSSR count). The largest absolute Gasteiger partial charge is 0.383 e. The molecule has 3 heterocycles. The Labute approximate surface area is 140 Å². The summed E-state index contributed by atoms with van der Waals surface area (Å²) >= 11 is 1.34. The molecule has 0 unspecified atom stereocenters. The molecule has 0 aliphatic carbocycles. The summed E-state index contributed by atoms with van der Waals surface area (Å²) in [6.07, 6.45) is 1.79. The van der Waals surface area contributed by atoms with E-state index in [0.29, 0.717) is 21.6 Å². The Kier molecular flexibility index (Phi) is 3.08. The highest BCUT2D eigenvalue weighted by molar-refractivity contribution is 7.15. The van der Waals surface area contributed by atoms with Crippen LogP contribution in [0.3, 0.4) is 0 Å². The zero-order valence-electron chi connectivity index (χ0n) is 12.6. The Hall–Kier alpha value is -3.24. The second-order valence-corrected chi connectivity index (χ2v) is 6.27. The Balaban J connectivity index is 2.30. The molecule has 0 bridgehead atoms. The van der Waals surface area contributed by atoms with Crippen molar-refractivity contribution in [3.05, 3.63) is 57.3 Å². The van der Waals surface area contributed by atoms with Crippen molar-refractivity contribution in [3.8, 4) is 17.2 Å². The molecule has 0 saturated carbocycles. The van der Waals surface area contributed by atoms with Gasteiger partial charge in [-0.1, -0.05) is 29.8 Å². The molecular weight excluding hydrogens is 322 g/mol. The first-order chi connectivity index (χ1) is 11.6. The summed E-state index contributed by atoms with van der Waals surface area (Å²) in [5.74, 6) is 0.104. The van der Waals surface area contributed by atoms with E-state index in [2.05, 4.69) is 16.0 Å². The minimum atomic E-state index is -0.409. The number of anilines is 1. The molecule has 0 saturated heterocycles. The normalized spacial score (nSPS) is 11.0. The second-order valence-electron chi connectivity index (χ2n) is 5.40. The van der Waals surface area contributed by atoms with Gasteiger partial charge >= 0.3 is 0 Å². The second kappa shape index (κ2) is 5.15. The Morgan fingerprint density at radius 3 is 2.92 bits per heavy atom. The quantitative estimate of drug-likeness (QED) is 0.577. The fourth-order valence-electron chi connectivity index (χ4n) is 2.83. The molecule has 1 aromatic carbocycles. The highest BCUT2D eigenvalue weighted by Gasteiger charge is 2.20. The van der Waals surface area contributed by atoms with Crippen molar-refractivity contribution >= 4 is 33.1 Å². The fraction of sp³-hybridized carbons (Fsp3) is 0.0588. The van der Waals surface area contributed by atoms with Crippen molar-refractivity contribution in [1.29, 1.82) is 5.26 Å². The van der Waals surface area contributed by atoms with Gasteiger partial charge in [-0.25, -0.2) is 4.98 Å². The number of hydrogen-bond donors (Lipinski definition) is 1. The summed E-state index contributed by atoms with van der Waals surface area (Å²) in [6, 6.07) is 9.67. The number of rotatable bonds is 1. The third-order valence-corrected chi connectivity index (χ3v) is 4.61. The van der Waals surface area contributed by atoms with Crippen LogP contribution in [-0.2, 0) is 0 Å². The Bertz CT molecular complexity index is 1220. The van der Waals surface area contributed by atoms with E-state index in [0.717, 1.165) is 11.1 Å². The molecule has 7 heteroatoms. The van der Waals surface area contributed by atoms with Gasteiger partial charge in [0.2, 0.25) is 0 Å². The average molecular weight is 333 g/mol. The van der Waals surface area contributed by atoms with Crippen LogP contribution in [0.4, 0.5) is 5.82 Å². The van der Waals surface area contributed by atoms with Crippen LogP contribution < -0.4 is 11.3 Å². The topological polar surface area (TPSA) is 97.1 Å². The molecule has 24 heavy (non-hydrogen) atoms. The number of hydrogen-bond acceptors (Lipinski definition) is 6. The molecule has 4 aromatic rings.